The maximum Gasteiger partial charge on any atom is 0.240 e. The molecule has 102 valence electrons. The van der Waals surface area contributed by atoms with Crippen LogP contribution in [0.25, 0.3) is 0 Å². The molecular weight excluding hydrogens is 282 g/mol. The van der Waals surface area contributed by atoms with Crippen molar-refractivity contribution in [1.82, 2.24) is 4.72 Å². The Morgan fingerprint density at radius 2 is 2.11 bits per heavy atom. The van der Waals surface area contributed by atoms with E-state index in [9.17, 15) is 8.42 Å². The summed E-state index contributed by atoms with van der Waals surface area (Å²) in [6.07, 6.45) is 0.695. The van der Waals surface area contributed by atoms with Gasteiger partial charge in [-0.2, -0.15) is 0 Å². The minimum absolute atomic E-state index is 0.220. The van der Waals surface area contributed by atoms with E-state index in [1.165, 1.54) is 13.2 Å². The van der Waals surface area contributed by atoms with E-state index in [2.05, 4.69) is 4.72 Å². The molecule has 4 nitrogen and oxygen atoms in total. The lowest BCUT2D eigenvalue weighted by atomic mass is 10.3. The number of nitrogens with one attached hydrogen (secondary N) is 1. The Balaban J connectivity index is 2.01. The normalized spacial score (nSPS) is 11.4. The third kappa shape index (κ3) is 3.79. The monoisotopic (exact) mass is 297 g/mol. The zero-order valence-corrected chi connectivity index (χ0v) is 12.1. The molecule has 0 aliphatic heterocycles. The number of rotatable bonds is 6. The van der Waals surface area contributed by atoms with Gasteiger partial charge in [0.15, 0.2) is 0 Å². The third-order valence-electron chi connectivity index (χ3n) is 2.60. The van der Waals surface area contributed by atoms with Crippen LogP contribution in [0.2, 0.25) is 0 Å². The van der Waals surface area contributed by atoms with Gasteiger partial charge < -0.3 is 4.74 Å². The molecule has 0 unspecified atom stereocenters. The van der Waals surface area contributed by atoms with Crippen molar-refractivity contribution in [3.63, 3.8) is 0 Å². The van der Waals surface area contributed by atoms with Crippen molar-refractivity contribution in [3.05, 3.63) is 46.7 Å². The Bertz CT molecular complexity index is 621. The molecule has 0 fully saturated rings. The average molecular weight is 297 g/mol. The van der Waals surface area contributed by atoms with Crippen molar-refractivity contribution in [1.29, 1.82) is 0 Å². The molecule has 0 amide bonds. The smallest absolute Gasteiger partial charge is 0.240 e. The van der Waals surface area contributed by atoms with Crippen LogP contribution in [0.15, 0.2) is 46.7 Å². The third-order valence-corrected chi connectivity index (χ3v) is 4.99. The van der Waals surface area contributed by atoms with E-state index in [1.54, 1.807) is 29.5 Å². The fraction of sp³-hybridized carbons (Fsp3) is 0.231. The molecule has 0 bridgehead atoms. The van der Waals surface area contributed by atoms with Crippen LogP contribution in [0, 0.1) is 0 Å². The van der Waals surface area contributed by atoms with Gasteiger partial charge in [0.25, 0.3) is 0 Å². The summed E-state index contributed by atoms with van der Waals surface area (Å²) < 4.78 is 31.7. The molecule has 1 heterocycles. The largest absolute Gasteiger partial charge is 0.497 e. The first kappa shape index (κ1) is 14.0. The molecule has 6 heteroatoms. The number of ether oxygens (including phenoxy) is 1. The number of hydrogen-bond donors (Lipinski definition) is 1. The first-order chi connectivity index (χ1) is 9.12. The summed E-state index contributed by atoms with van der Waals surface area (Å²) >= 11 is 1.62. The molecule has 0 spiro atoms. The highest BCUT2D eigenvalue weighted by Gasteiger charge is 2.13. The number of sulfonamides is 1. The Kier molecular flexibility index (Phi) is 4.57. The SMILES string of the molecule is COc1cccc(S(=O)(=O)NCCc2cccs2)c1. The van der Waals surface area contributed by atoms with E-state index in [0.29, 0.717) is 18.7 Å². The molecule has 2 aromatic rings. The highest BCUT2D eigenvalue weighted by Crippen LogP contribution is 2.17. The zero-order chi connectivity index (χ0) is 13.7. The zero-order valence-electron chi connectivity index (χ0n) is 10.5. The van der Waals surface area contributed by atoms with Crippen molar-refractivity contribution >= 4 is 21.4 Å². The van der Waals surface area contributed by atoms with Gasteiger partial charge in [-0.25, -0.2) is 13.1 Å². The highest BCUT2D eigenvalue weighted by molar-refractivity contribution is 7.89. The van der Waals surface area contributed by atoms with Gasteiger partial charge in [-0.05, 0) is 30.0 Å². The summed E-state index contributed by atoms with van der Waals surface area (Å²) in [6, 6.07) is 10.4. The first-order valence-electron chi connectivity index (χ1n) is 5.78. The molecule has 0 radical (unpaired) electrons. The van der Waals surface area contributed by atoms with Gasteiger partial charge >= 0.3 is 0 Å². The number of methoxy groups -OCH3 is 1. The van der Waals surface area contributed by atoms with Gasteiger partial charge in [-0.1, -0.05) is 12.1 Å². The maximum absolute atomic E-state index is 12.1. The van der Waals surface area contributed by atoms with Crippen molar-refractivity contribution in [2.75, 3.05) is 13.7 Å². The Morgan fingerprint density at radius 1 is 1.26 bits per heavy atom. The predicted octanol–water partition coefficient (Wildman–Crippen LogP) is 2.28. The van der Waals surface area contributed by atoms with E-state index in [0.717, 1.165) is 4.88 Å². The van der Waals surface area contributed by atoms with Crippen LogP contribution in [0.1, 0.15) is 4.88 Å². The standard InChI is InChI=1S/C13H15NO3S2/c1-17-11-4-2-6-13(10-11)19(15,16)14-8-7-12-5-3-9-18-12/h2-6,9-10,14H,7-8H2,1H3. The van der Waals surface area contributed by atoms with Gasteiger partial charge in [0.1, 0.15) is 5.75 Å². The minimum atomic E-state index is -3.47. The van der Waals surface area contributed by atoms with E-state index < -0.39 is 10.0 Å². The highest BCUT2D eigenvalue weighted by atomic mass is 32.2. The molecule has 2 rings (SSSR count). The number of benzene rings is 1. The summed E-state index contributed by atoms with van der Waals surface area (Å²) in [5, 5.41) is 1.98. The van der Waals surface area contributed by atoms with Crippen LogP contribution in [-0.2, 0) is 16.4 Å². The number of thiophene rings is 1. The maximum atomic E-state index is 12.1. The van der Waals surface area contributed by atoms with Crippen molar-refractivity contribution in [2.24, 2.45) is 0 Å². The number of hydrogen-bond acceptors (Lipinski definition) is 4. The molecule has 1 N–H and O–H groups in total. The van der Waals surface area contributed by atoms with E-state index in [1.807, 2.05) is 17.5 Å². The van der Waals surface area contributed by atoms with Gasteiger partial charge in [-0.3, -0.25) is 0 Å². The van der Waals surface area contributed by atoms with Crippen molar-refractivity contribution < 1.29 is 13.2 Å². The van der Waals surface area contributed by atoms with Gasteiger partial charge in [0, 0.05) is 17.5 Å². The molecule has 0 atom stereocenters. The van der Waals surface area contributed by atoms with E-state index in [-0.39, 0.29) is 4.90 Å². The van der Waals surface area contributed by atoms with Crippen molar-refractivity contribution in [3.8, 4) is 5.75 Å². The van der Waals surface area contributed by atoms with Crippen molar-refractivity contribution in [2.45, 2.75) is 11.3 Å². The fourth-order valence-electron chi connectivity index (χ4n) is 1.62. The summed E-state index contributed by atoms with van der Waals surface area (Å²) in [5.41, 5.74) is 0. The van der Waals surface area contributed by atoms with Crippen LogP contribution in [0.5, 0.6) is 5.75 Å². The van der Waals surface area contributed by atoms with Crippen LogP contribution >= 0.6 is 11.3 Å². The van der Waals surface area contributed by atoms with Crippen LogP contribution in [0.3, 0.4) is 0 Å². The van der Waals surface area contributed by atoms with Crippen LogP contribution in [0.4, 0.5) is 0 Å². The summed E-state index contributed by atoms with van der Waals surface area (Å²) in [5.74, 6) is 0.529. The lowest BCUT2D eigenvalue weighted by molar-refractivity contribution is 0.413. The molecule has 1 aromatic heterocycles. The predicted molar refractivity (Wildman–Crippen MR) is 76.2 cm³/mol. The molecule has 1 aromatic carbocycles. The lowest BCUT2D eigenvalue weighted by Gasteiger charge is -2.07. The molecule has 0 saturated heterocycles. The second-order valence-electron chi connectivity index (χ2n) is 3.91. The topological polar surface area (TPSA) is 55.4 Å². The van der Waals surface area contributed by atoms with E-state index >= 15 is 0 Å². The van der Waals surface area contributed by atoms with Crippen LogP contribution < -0.4 is 9.46 Å². The second kappa shape index (κ2) is 6.18. The first-order valence-corrected chi connectivity index (χ1v) is 8.14. The van der Waals surface area contributed by atoms with E-state index in [4.69, 9.17) is 4.74 Å². The van der Waals surface area contributed by atoms with Gasteiger partial charge in [-0.15, -0.1) is 11.3 Å². The molecular formula is C13H15NO3S2. The quantitative estimate of drug-likeness (QED) is 0.890. The molecule has 19 heavy (non-hydrogen) atoms. The van der Waals surface area contributed by atoms with Gasteiger partial charge in [0.05, 0.1) is 12.0 Å². The molecule has 0 aliphatic carbocycles. The summed E-state index contributed by atoms with van der Waals surface area (Å²) in [6.45, 7) is 0.389. The second-order valence-corrected chi connectivity index (χ2v) is 6.71. The van der Waals surface area contributed by atoms with Gasteiger partial charge in [0.2, 0.25) is 10.0 Å². The Labute approximate surface area is 117 Å². The molecule has 0 aliphatic rings. The molecule has 0 saturated carbocycles. The minimum Gasteiger partial charge on any atom is -0.497 e. The Morgan fingerprint density at radius 3 is 2.79 bits per heavy atom. The van der Waals surface area contributed by atoms with Crippen LogP contribution in [-0.4, -0.2) is 22.1 Å². The summed E-state index contributed by atoms with van der Waals surface area (Å²) in [7, 11) is -1.96. The lowest BCUT2D eigenvalue weighted by Crippen LogP contribution is -2.25. The summed E-state index contributed by atoms with van der Waals surface area (Å²) in [4.78, 5) is 1.38. The average Bonchev–Trinajstić information content (AvgIpc) is 2.92. The Hall–Kier alpha value is -1.37. The fourth-order valence-corrected chi connectivity index (χ4v) is 3.39.